The Balaban J connectivity index is 1.39. The number of hydrogen-bond donors (Lipinski definition) is 0. The Bertz CT molecular complexity index is 2400. The van der Waals surface area contributed by atoms with E-state index in [1.807, 2.05) is 12.1 Å². The van der Waals surface area contributed by atoms with Gasteiger partial charge in [0.1, 0.15) is 5.82 Å². The third-order valence-corrected chi connectivity index (χ3v) is 14.8. The van der Waals surface area contributed by atoms with Gasteiger partial charge in [-0.25, -0.2) is 4.39 Å². The van der Waals surface area contributed by atoms with Gasteiger partial charge in [0.2, 0.25) is 0 Å². The molecule has 0 spiro atoms. The van der Waals surface area contributed by atoms with E-state index >= 15 is 0 Å². The maximum Gasteiger partial charge on any atom is 0.184 e. The molecule has 9 rings (SSSR count). The van der Waals surface area contributed by atoms with Gasteiger partial charge in [0.25, 0.3) is 0 Å². The Morgan fingerprint density at radius 1 is 0.440 bits per heavy atom. The van der Waals surface area contributed by atoms with E-state index in [-0.39, 0.29) is 5.82 Å². The van der Waals surface area contributed by atoms with E-state index in [2.05, 4.69) is 186 Å². The summed E-state index contributed by atoms with van der Waals surface area (Å²) < 4.78 is 14.4. The fourth-order valence-electron chi connectivity index (χ4n) is 7.86. The summed E-state index contributed by atoms with van der Waals surface area (Å²) in [5.41, 5.74) is 6.34. The van der Waals surface area contributed by atoms with Crippen LogP contribution in [0, 0.1) is 5.82 Å². The standard InChI is InChI=1S/C46H33FN2Si/c47-35-27-29-37(30-28-35)48(42-25-14-16-34-15-10-11-23-41(34)42)38-31-32-46-44(33-38)49(36-17-4-1-5-18-36)43-24-12-13-26-45(43)50(46,39-19-6-2-7-20-39)40-21-8-3-9-22-40/h1-33H. The van der Waals surface area contributed by atoms with Crippen molar-refractivity contribution in [3.05, 3.63) is 206 Å². The summed E-state index contributed by atoms with van der Waals surface area (Å²) in [5.74, 6) is -0.259. The van der Waals surface area contributed by atoms with Gasteiger partial charge in [-0.1, -0.05) is 140 Å². The van der Waals surface area contributed by atoms with Crippen molar-refractivity contribution < 1.29 is 4.39 Å². The van der Waals surface area contributed by atoms with Crippen molar-refractivity contribution in [2.24, 2.45) is 0 Å². The van der Waals surface area contributed by atoms with Gasteiger partial charge >= 0.3 is 0 Å². The van der Waals surface area contributed by atoms with E-state index < -0.39 is 8.07 Å². The topological polar surface area (TPSA) is 6.48 Å². The van der Waals surface area contributed by atoms with Gasteiger partial charge in [-0.2, -0.15) is 0 Å². The lowest BCUT2D eigenvalue weighted by Gasteiger charge is -2.45. The SMILES string of the molecule is Fc1ccc(N(c2ccc3c(c2)N(c2ccccc2)c2ccccc2[Si]3(c2ccccc2)c2ccccc2)c2cccc3ccccc23)cc1. The first-order valence-electron chi connectivity index (χ1n) is 17.0. The van der Waals surface area contributed by atoms with E-state index in [1.165, 1.54) is 26.4 Å². The van der Waals surface area contributed by atoms with Crippen LogP contribution in [-0.4, -0.2) is 8.07 Å². The van der Waals surface area contributed by atoms with Crippen LogP contribution in [0.15, 0.2) is 200 Å². The normalized spacial score (nSPS) is 13.0. The summed E-state index contributed by atoms with van der Waals surface area (Å²) in [4.78, 5) is 4.69. The van der Waals surface area contributed by atoms with Crippen LogP contribution in [0.25, 0.3) is 10.8 Å². The van der Waals surface area contributed by atoms with Gasteiger partial charge in [-0.15, -0.1) is 0 Å². The van der Waals surface area contributed by atoms with Gasteiger partial charge in [-0.05, 0) is 86.8 Å². The maximum absolute atomic E-state index is 14.4. The van der Waals surface area contributed by atoms with Crippen LogP contribution in [0.5, 0.6) is 0 Å². The second kappa shape index (κ2) is 12.3. The van der Waals surface area contributed by atoms with Gasteiger partial charge in [0.15, 0.2) is 8.07 Å². The molecule has 0 fully saturated rings. The number of para-hydroxylation sites is 2. The quantitative estimate of drug-likeness (QED) is 0.164. The second-order valence-electron chi connectivity index (χ2n) is 12.7. The van der Waals surface area contributed by atoms with Crippen LogP contribution < -0.4 is 30.5 Å². The highest BCUT2D eigenvalue weighted by molar-refractivity contribution is 7.21. The molecule has 8 aromatic carbocycles. The van der Waals surface area contributed by atoms with Gasteiger partial charge in [0.05, 0.1) is 5.69 Å². The number of nitrogens with zero attached hydrogens (tertiary/aromatic N) is 2. The molecule has 8 aromatic rings. The van der Waals surface area contributed by atoms with E-state index in [4.69, 9.17) is 0 Å². The zero-order valence-corrected chi connectivity index (χ0v) is 28.3. The molecule has 0 bridgehead atoms. The summed E-state index contributed by atoms with van der Waals surface area (Å²) in [5, 5.41) is 7.62. The molecule has 1 aliphatic rings. The zero-order valence-electron chi connectivity index (χ0n) is 27.3. The third kappa shape index (κ3) is 4.76. The molecular weight excluding hydrogens is 628 g/mol. The highest BCUT2D eigenvalue weighted by atomic mass is 28.3. The van der Waals surface area contributed by atoms with E-state index in [0.29, 0.717) is 0 Å². The van der Waals surface area contributed by atoms with Gasteiger partial charge in [0, 0.05) is 33.8 Å². The Labute approximate surface area is 293 Å². The fourth-order valence-corrected chi connectivity index (χ4v) is 12.9. The van der Waals surface area contributed by atoms with Crippen molar-refractivity contribution in [3.63, 3.8) is 0 Å². The molecular formula is C46H33FN2Si. The molecule has 238 valence electrons. The van der Waals surface area contributed by atoms with Crippen LogP contribution in [0.1, 0.15) is 0 Å². The minimum Gasteiger partial charge on any atom is -0.311 e. The Hall–Kier alpha value is -6.23. The van der Waals surface area contributed by atoms with Crippen molar-refractivity contribution in [1.29, 1.82) is 0 Å². The Kier molecular flexibility index (Phi) is 7.37. The smallest absolute Gasteiger partial charge is 0.184 e. The van der Waals surface area contributed by atoms with Crippen molar-refractivity contribution in [2.45, 2.75) is 0 Å². The second-order valence-corrected chi connectivity index (χ2v) is 16.4. The molecule has 4 heteroatoms. The van der Waals surface area contributed by atoms with Crippen molar-refractivity contribution >= 4 is 73.7 Å². The van der Waals surface area contributed by atoms with Crippen molar-refractivity contribution in [2.75, 3.05) is 9.80 Å². The summed E-state index contributed by atoms with van der Waals surface area (Å²) in [6, 6.07) is 70.4. The predicted octanol–water partition coefficient (Wildman–Crippen LogP) is 9.61. The number of fused-ring (bicyclic) bond motifs is 3. The van der Waals surface area contributed by atoms with Crippen LogP contribution in [0.4, 0.5) is 38.5 Å². The number of rotatable bonds is 6. The number of anilines is 6. The number of benzene rings is 8. The minimum atomic E-state index is -2.83. The molecule has 0 amide bonds. The van der Waals surface area contributed by atoms with Crippen LogP contribution in [0.2, 0.25) is 0 Å². The lowest BCUT2D eigenvalue weighted by Crippen LogP contribution is -2.77. The lowest BCUT2D eigenvalue weighted by molar-refractivity contribution is 0.628. The monoisotopic (exact) mass is 660 g/mol. The van der Waals surface area contributed by atoms with Gasteiger partial charge in [-0.3, -0.25) is 0 Å². The van der Waals surface area contributed by atoms with Crippen LogP contribution >= 0.6 is 0 Å². The molecule has 0 N–H and O–H groups in total. The molecule has 0 radical (unpaired) electrons. The first-order valence-corrected chi connectivity index (χ1v) is 19.0. The molecule has 0 saturated carbocycles. The highest BCUT2D eigenvalue weighted by Crippen LogP contribution is 2.44. The Morgan fingerprint density at radius 2 is 1.00 bits per heavy atom. The molecule has 0 aromatic heterocycles. The molecule has 1 aliphatic heterocycles. The third-order valence-electron chi connectivity index (χ3n) is 9.95. The Morgan fingerprint density at radius 3 is 1.72 bits per heavy atom. The molecule has 0 aliphatic carbocycles. The molecule has 0 saturated heterocycles. The first kappa shape index (κ1) is 29.9. The summed E-state index contributed by atoms with van der Waals surface area (Å²) >= 11 is 0. The van der Waals surface area contributed by atoms with E-state index in [1.54, 1.807) is 12.1 Å². The summed E-state index contributed by atoms with van der Waals surface area (Å²) in [6.45, 7) is 0. The molecule has 50 heavy (non-hydrogen) atoms. The largest absolute Gasteiger partial charge is 0.311 e. The summed E-state index contributed by atoms with van der Waals surface area (Å²) in [7, 11) is -2.83. The number of halogens is 1. The predicted molar refractivity (Wildman–Crippen MR) is 210 cm³/mol. The van der Waals surface area contributed by atoms with Crippen molar-refractivity contribution in [3.8, 4) is 0 Å². The highest BCUT2D eigenvalue weighted by Gasteiger charge is 2.49. The zero-order chi connectivity index (χ0) is 33.5. The number of hydrogen-bond acceptors (Lipinski definition) is 2. The van der Waals surface area contributed by atoms with Crippen LogP contribution in [-0.2, 0) is 0 Å². The first-order chi connectivity index (χ1) is 24.7. The van der Waals surface area contributed by atoms with E-state index in [0.717, 1.165) is 39.2 Å². The average Bonchev–Trinajstić information content (AvgIpc) is 3.19. The average molecular weight is 661 g/mol. The summed E-state index contributed by atoms with van der Waals surface area (Å²) in [6.07, 6.45) is 0. The van der Waals surface area contributed by atoms with Gasteiger partial charge < -0.3 is 9.80 Å². The molecule has 2 nitrogen and oxygen atoms in total. The maximum atomic E-state index is 14.4. The van der Waals surface area contributed by atoms with Crippen LogP contribution in [0.3, 0.4) is 0 Å². The molecule has 0 atom stereocenters. The van der Waals surface area contributed by atoms with Crippen molar-refractivity contribution in [1.82, 2.24) is 0 Å². The molecule has 0 unspecified atom stereocenters. The van der Waals surface area contributed by atoms with E-state index in [9.17, 15) is 4.39 Å². The minimum absolute atomic E-state index is 0.259. The lowest BCUT2D eigenvalue weighted by atomic mass is 10.1. The molecule has 1 heterocycles. The fraction of sp³-hybridized carbons (Fsp3) is 0.